The topological polar surface area (TPSA) is 38.3 Å². The van der Waals surface area contributed by atoms with Gasteiger partial charge in [-0.05, 0) is 30.9 Å². The first kappa shape index (κ1) is 13.4. The van der Waals surface area contributed by atoms with Crippen LogP contribution in [0.5, 0.6) is 0 Å². The number of esters is 1. The van der Waals surface area contributed by atoms with Gasteiger partial charge in [0.1, 0.15) is 11.9 Å². The lowest BCUT2D eigenvalue weighted by Gasteiger charge is -2.19. The summed E-state index contributed by atoms with van der Waals surface area (Å²) in [5.74, 6) is -0.666. The van der Waals surface area contributed by atoms with Gasteiger partial charge in [0.15, 0.2) is 0 Å². The van der Waals surface area contributed by atoms with Crippen molar-refractivity contribution in [2.45, 2.75) is 18.9 Å². The Morgan fingerprint density at radius 3 is 2.44 bits per heavy atom. The van der Waals surface area contributed by atoms with Crippen LogP contribution >= 0.6 is 23.2 Å². The van der Waals surface area contributed by atoms with Crippen molar-refractivity contribution in [1.29, 1.82) is 0 Å². The quantitative estimate of drug-likeness (QED) is 0.863. The van der Waals surface area contributed by atoms with Crippen molar-refractivity contribution in [3.63, 3.8) is 0 Å². The van der Waals surface area contributed by atoms with Crippen molar-refractivity contribution in [1.82, 2.24) is 0 Å². The molecule has 0 aromatic heterocycles. The first-order valence-electron chi connectivity index (χ1n) is 5.52. The molecule has 1 atom stereocenters. The minimum Gasteiger partial charge on any atom is -0.467 e. The molecule has 18 heavy (non-hydrogen) atoms. The van der Waals surface area contributed by atoms with E-state index in [0.717, 1.165) is 25.0 Å². The SMILES string of the molecule is COC(=O)C(Nc1c(Cl)cc(F)cc1Cl)C1CC1. The fourth-order valence-corrected chi connectivity index (χ4v) is 2.33. The molecule has 2 rings (SSSR count). The van der Waals surface area contributed by atoms with Gasteiger partial charge < -0.3 is 10.1 Å². The standard InChI is InChI=1S/C12H12Cl2FNO2/c1-18-12(17)10(6-2-3-6)16-11-8(13)4-7(15)5-9(11)14/h4-6,10,16H,2-3H2,1H3. The van der Waals surface area contributed by atoms with Crippen molar-refractivity contribution in [3.05, 3.63) is 28.0 Å². The van der Waals surface area contributed by atoms with Gasteiger partial charge in [-0.25, -0.2) is 9.18 Å². The van der Waals surface area contributed by atoms with Crippen molar-refractivity contribution < 1.29 is 13.9 Å². The van der Waals surface area contributed by atoms with Gasteiger partial charge in [-0.1, -0.05) is 23.2 Å². The van der Waals surface area contributed by atoms with Gasteiger partial charge in [0, 0.05) is 0 Å². The number of carbonyl (C=O) groups is 1. The Balaban J connectivity index is 2.24. The summed E-state index contributed by atoms with van der Waals surface area (Å²) < 4.78 is 17.8. The molecule has 1 aromatic rings. The Hall–Kier alpha value is -1.00. The van der Waals surface area contributed by atoms with Crippen molar-refractivity contribution in [3.8, 4) is 0 Å². The molecule has 98 valence electrons. The minimum atomic E-state index is -0.517. The van der Waals surface area contributed by atoms with Crippen LogP contribution < -0.4 is 5.32 Å². The molecule has 0 saturated heterocycles. The van der Waals surface area contributed by atoms with Crippen LogP contribution in [0.2, 0.25) is 10.0 Å². The van der Waals surface area contributed by atoms with Crippen LogP contribution in [0.3, 0.4) is 0 Å². The molecule has 1 aliphatic rings. The Morgan fingerprint density at radius 1 is 1.44 bits per heavy atom. The van der Waals surface area contributed by atoms with Crippen molar-refractivity contribution >= 4 is 34.9 Å². The van der Waals surface area contributed by atoms with Crippen LogP contribution in [-0.4, -0.2) is 19.1 Å². The van der Waals surface area contributed by atoms with E-state index in [1.165, 1.54) is 7.11 Å². The van der Waals surface area contributed by atoms with Gasteiger partial charge >= 0.3 is 5.97 Å². The molecule has 0 amide bonds. The highest BCUT2D eigenvalue weighted by molar-refractivity contribution is 6.39. The maximum Gasteiger partial charge on any atom is 0.328 e. The smallest absolute Gasteiger partial charge is 0.328 e. The predicted octanol–water partition coefficient (Wildman–Crippen LogP) is 3.50. The average Bonchev–Trinajstić information content (AvgIpc) is 3.11. The highest BCUT2D eigenvalue weighted by atomic mass is 35.5. The van der Waals surface area contributed by atoms with Crippen LogP contribution in [0.4, 0.5) is 10.1 Å². The highest BCUT2D eigenvalue weighted by Crippen LogP contribution is 2.38. The number of anilines is 1. The first-order chi connectivity index (χ1) is 8.52. The maximum atomic E-state index is 13.1. The summed E-state index contributed by atoms with van der Waals surface area (Å²) in [6.45, 7) is 0. The van der Waals surface area contributed by atoms with E-state index in [2.05, 4.69) is 5.32 Å². The van der Waals surface area contributed by atoms with Gasteiger partial charge in [-0.2, -0.15) is 0 Å². The number of carbonyl (C=O) groups excluding carboxylic acids is 1. The molecule has 1 unspecified atom stereocenters. The minimum absolute atomic E-state index is 0.148. The Morgan fingerprint density at radius 2 is 2.00 bits per heavy atom. The van der Waals surface area contributed by atoms with E-state index < -0.39 is 11.9 Å². The lowest BCUT2D eigenvalue weighted by atomic mass is 10.1. The number of hydrogen-bond acceptors (Lipinski definition) is 3. The molecule has 6 heteroatoms. The van der Waals surface area contributed by atoms with Crippen LogP contribution in [0.15, 0.2) is 12.1 Å². The molecule has 0 radical (unpaired) electrons. The largest absolute Gasteiger partial charge is 0.467 e. The first-order valence-corrected chi connectivity index (χ1v) is 6.27. The van der Waals surface area contributed by atoms with E-state index in [1.807, 2.05) is 0 Å². The van der Waals surface area contributed by atoms with E-state index in [9.17, 15) is 9.18 Å². The number of halogens is 3. The summed E-state index contributed by atoms with van der Waals surface area (Å²) in [7, 11) is 1.33. The van der Waals surface area contributed by atoms with Gasteiger partial charge in [-0.3, -0.25) is 0 Å². The molecule has 1 aliphatic carbocycles. The second-order valence-electron chi connectivity index (χ2n) is 4.23. The van der Waals surface area contributed by atoms with Crippen LogP contribution in [-0.2, 0) is 9.53 Å². The number of methoxy groups -OCH3 is 1. The molecule has 0 bridgehead atoms. The van der Waals surface area contributed by atoms with Crippen molar-refractivity contribution in [2.75, 3.05) is 12.4 Å². The second kappa shape index (κ2) is 5.33. The number of rotatable bonds is 4. The van der Waals surface area contributed by atoms with E-state index in [0.29, 0.717) is 5.69 Å². The third-order valence-corrected chi connectivity index (χ3v) is 3.45. The van der Waals surface area contributed by atoms with Gasteiger partial charge in [-0.15, -0.1) is 0 Å². The third-order valence-electron chi connectivity index (χ3n) is 2.86. The van der Waals surface area contributed by atoms with Crippen LogP contribution in [0, 0.1) is 11.7 Å². The second-order valence-corrected chi connectivity index (χ2v) is 5.04. The summed E-state index contributed by atoms with van der Waals surface area (Å²) >= 11 is 11.8. The predicted molar refractivity (Wildman–Crippen MR) is 68.6 cm³/mol. The lowest BCUT2D eigenvalue weighted by Crippen LogP contribution is -2.32. The summed E-state index contributed by atoms with van der Waals surface area (Å²) in [6.07, 6.45) is 1.90. The maximum absolute atomic E-state index is 13.1. The molecule has 0 aliphatic heterocycles. The van der Waals surface area contributed by atoms with Crippen LogP contribution in [0.25, 0.3) is 0 Å². The van der Waals surface area contributed by atoms with E-state index in [-0.39, 0.29) is 21.9 Å². The molecule has 0 spiro atoms. The Kier molecular flexibility index (Phi) is 3.97. The summed E-state index contributed by atoms with van der Waals surface area (Å²) in [5, 5.41) is 3.25. The van der Waals surface area contributed by atoms with E-state index in [1.54, 1.807) is 0 Å². The zero-order valence-corrected chi connectivity index (χ0v) is 11.2. The number of benzene rings is 1. The van der Waals surface area contributed by atoms with E-state index >= 15 is 0 Å². The summed E-state index contributed by atoms with van der Waals surface area (Å²) in [6, 6.07) is 1.81. The average molecular weight is 292 g/mol. The summed E-state index contributed by atoms with van der Waals surface area (Å²) in [5.41, 5.74) is 0.363. The van der Waals surface area contributed by atoms with E-state index in [4.69, 9.17) is 27.9 Å². The highest BCUT2D eigenvalue weighted by Gasteiger charge is 2.37. The zero-order chi connectivity index (χ0) is 13.3. The molecule has 1 aromatic carbocycles. The molecule has 0 heterocycles. The summed E-state index contributed by atoms with van der Waals surface area (Å²) in [4.78, 5) is 11.6. The monoisotopic (exact) mass is 291 g/mol. The Labute approximate surface area is 114 Å². The molecule has 1 N–H and O–H groups in total. The number of ether oxygens (including phenoxy) is 1. The van der Waals surface area contributed by atoms with Gasteiger partial charge in [0.05, 0.1) is 22.8 Å². The van der Waals surface area contributed by atoms with Crippen LogP contribution in [0.1, 0.15) is 12.8 Å². The Bertz CT molecular complexity index is 454. The molecule has 1 fully saturated rings. The number of hydrogen-bond donors (Lipinski definition) is 1. The zero-order valence-electron chi connectivity index (χ0n) is 9.67. The fourth-order valence-electron chi connectivity index (χ4n) is 1.76. The third kappa shape index (κ3) is 2.87. The molecular weight excluding hydrogens is 280 g/mol. The van der Waals surface area contributed by atoms with Gasteiger partial charge in [0.2, 0.25) is 0 Å². The normalized spacial score (nSPS) is 16.2. The fraction of sp³-hybridized carbons (Fsp3) is 0.417. The molecular formula is C12H12Cl2FNO2. The van der Waals surface area contributed by atoms with Gasteiger partial charge in [0.25, 0.3) is 0 Å². The van der Waals surface area contributed by atoms with Crippen molar-refractivity contribution in [2.24, 2.45) is 5.92 Å². The number of nitrogens with one attached hydrogen (secondary N) is 1. The molecule has 1 saturated carbocycles. The molecule has 3 nitrogen and oxygen atoms in total. The lowest BCUT2D eigenvalue weighted by molar-refractivity contribution is -0.142.